The smallest absolute Gasteiger partial charge is 0.337 e. The summed E-state index contributed by atoms with van der Waals surface area (Å²) in [5.74, 6) is -0.327. The van der Waals surface area contributed by atoms with Gasteiger partial charge in [-0.05, 0) is 77.8 Å². The van der Waals surface area contributed by atoms with E-state index in [0.29, 0.717) is 43.2 Å². The maximum atomic E-state index is 12.6. The Kier molecular flexibility index (Phi) is 8.17. The van der Waals surface area contributed by atoms with Gasteiger partial charge in [-0.2, -0.15) is 9.61 Å². The molecule has 0 aliphatic carbocycles. The monoisotopic (exact) mass is 550 g/mol. The first-order chi connectivity index (χ1) is 19.0. The van der Waals surface area contributed by atoms with Gasteiger partial charge >= 0.3 is 5.97 Å². The number of rotatable bonds is 3. The predicted molar refractivity (Wildman–Crippen MR) is 153 cm³/mol. The number of hydrogen-bond donors (Lipinski definition) is 1. The molecule has 0 amide bonds. The highest BCUT2D eigenvalue weighted by Crippen LogP contribution is 2.37. The number of hydrogen-bond acceptors (Lipinski definition) is 7. The molecule has 3 aliphatic heterocycles. The highest BCUT2D eigenvalue weighted by Gasteiger charge is 2.37. The molecule has 0 unspecified atom stereocenters. The van der Waals surface area contributed by atoms with Gasteiger partial charge in [-0.15, -0.1) is 0 Å². The fraction of sp³-hybridized carbons (Fsp3) is 0.581. The minimum absolute atomic E-state index is 0.224. The third-order valence-corrected chi connectivity index (χ3v) is 7.75. The quantitative estimate of drug-likeness (QED) is 0.463. The van der Waals surface area contributed by atoms with Crippen LogP contribution in [-0.2, 0) is 38.6 Å². The minimum Gasteiger partial charge on any atom is -0.479 e. The number of aliphatic carboxylic acids is 1. The van der Waals surface area contributed by atoms with E-state index in [2.05, 4.69) is 36.1 Å². The van der Waals surface area contributed by atoms with E-state index in [9.17, 15) is 9.90 Å². The first-order valence-electron chi connectivity index (χ1n) is 14.4. The Morgan fingerprint density at radius 2 is 1.88 bits per heavy atom. The van der Waals surface area contributed by atoms with Gasteiger partial charge in [0.2, 0.25) is 0 Å². The summed E-state index contributed by atoms with van der Waals surface area (Å²) in [6.45, 7) is 12.6. The second-order valence-corrected chi connectivity index (χ2v) is 12.3. The first-order valence-corrected chi connectivity index (χ1v) is 14.4. The van der Waals surface area contributed by atoms with Gasteiger partial charge in [0.1, 0.15) is 5.82 Å². The molecule has 1 aromatic carbocycles. The molecule has 1 atom stereocenters. The summed E-state index contributed by atoms with van der Waals surface area (Å²) in [5, 5.41) is 15.2. The van der Waals surface area contributed by atoms with Gasteiger partial charge in [-0.25, -0.2) is 9.78 Å². The van der Waals surface area contributed by atoms with E-state index in [-0.39, 0.29) is 5.60 Å². The molecule has 40 heavy (non-hydrogen) atoms. The van der Waals surface area contributed by atoms with Crippen LogP contribution in [0.5, 0.6) is 0 Å². The topological polar surface area (TPSA) is 98.4 Å². The Morgan fingerprint density at radius 1 is 1.12 bits per heavy atom. The van der Waals surface area contributed by atoms with Gasteiger partial charge in [0.05, 0.1) is 35.7 Å². The average molecular weight is 551 g/mol. The number of nitrogens with zero attached hydrogens (tertiary/aromatic N) is 4. The fourth-order valence-electron chi connectivity index (χ4n) is 5.66. The normalized spacial score (nSPS) is 19.3. The van der Waals surface area contributed by atoms with E-state index >= 15 is 0 Å². The number of aryl methyl sites for hydroxylation is 2. The summed E-state index contributed by atoms with van der Waals surface area (Å²) >= 11 is 0. The third kappa shape index (κ3) is 6.48. The molecule has 0 spiro atoms. The molecule has 5 heterocycles. The second-order valence-electron chi connectivity index (χ2n) is 12.3. The minimum atomic E-state index is -1.19. The van der Waals surface area contributed by atoms with Gasteiger partial charge in [-0.3, -0.25) is 0 Å². The Balaban J connectivity index is 1.57. The van der Waals surface area contributed by atoms with E-state index in [4.69, 9.17) is 24.3 Å². The molecule has 3 aromatic rings. The van der Waals surface area contributed by atoms with Crippen molar-refractivity contribution < 1.29 is 24.1 Å². The summed E-state index contributed by atoms with van der Waals surface area (Å²) in [6.07, 6.45) is 3.57. The summed E-state index contributed by atoms with van der Waals surface area (Å²) in [7, 11) is 0. The van der Waals surface area contributed by atoms with Gasteiger partial charge < -0.3 is 24.2 Å². The molecular weight excluding hydrogens is 508 g/mol. The number of carboxylic acid groups (broad SMARTS) is 1. The van der Waals surface area contributed by atoms with Crippen molar-refractivity contribution in [2.75, 3.05) is 24.6 Å². The summed E-state index contributed by atoms with van der Waals surface area (Å²) in [6, 6.07) is 10.5. The zero-order valence-corrected chi connectivity index (χ0v) is 24.4. The maximum absolute atomic E-state index is 12.6. The standard InChI is InChI=1S/C31H42N4O5/c1-21-26(27(29(36)37)40-30(2,3)4)28-34-14-12-31(5,13-15-34)39-16-7-6-9-22-10-8-11-23(17-22)19-38-20-24-18-25(32-21)35(28)33-24/h8,10-11,17-18,27H,6-7,9,12-16,19-20H2,1-5H3,(H,36,37)/t27-/m0/s1. The summed E-state index contributed by atoms with van der Waals surface area (Å²) < 4.78 is 20.4. The lowest BCUT2D eigenvalue weighted by molar-refractivity contribution is -0.160. The molecule has 9 heteroatoms. The summed E-state index contributed by atoms with van der Waals surface area (Å²) in [4.78, 5) is 19.6. The van der Waals surface area contributed by atoms with Crippen molar-refractivity contribution in [1.82, 2.24) is 14.6 Å². The van der Waals surface area contributed by atoms with Crippen molar-refractivity contribution >= 4 is 17.4 Å². The lowest BCUT2D eigenvalue weighted by Crippen LogP contribution is -2.46. The molecular formula is C31H42N4O5. The molecule has 0 saturated carbocycles. The lowest BCUT2D eigenvalue weighted by Gasteiger charge is -2.41. The van der Waals surface area contributed by atoms with Crippen molar-refractivity contribution in [3.63, 3.8) is 0 Å². The molecule has 3 aliphatic rings. The molecule has 1 fully saturated rings. The Bertz CT molecular complexity index is 1350. The van der Waals surface area contributed by atoms with E-state index in [1.54, 1.807) is 4.52 Å². The Hall–Kier alpha value is -3.01. The van der Waals surface area contributed by atoms with Crippen LogP contribution in [-0.4, -0.2) is 56.6 Å². The van der Waals surface area contributed by atoms with Gasteiger partial charge in [0.25, 0.3) is 0 Å². The van der Waals surface area contributed by atoms with Crippen LogP contribution < -0.4 is 4.90 Å². The number of carboxylic acids is 1. The number of aromatic nitrogens is 3. The highest BCUT2D eigenvalue weighted by molar-refractivity contribution is 5.78. The van der Waals surface area contributed by atoms with Crippen LogP contribution in [0.2, 0.25) is 0 Å². The van der Waals surface area contributed by atoms with E-state index in [1.807, 2.05) is 33.8 Å². The van der Waals surface area contributed by atoms with Gasteiger partial charge in [0.15, 0.2) is 11.8 Å². The van der Waals surface area contributed by atoms with Crippen LogP contribution in [0.15, 0.2) is 30.3 Å². The lowest BCUT2D eigenvalue weighted by atomic mass is 9.92. The molecule has 1 N–H and O–H groups in total. The van der Waals surface area contributed by atoms with Crippen LogP contribution in [0.3, 0.4) is 0 Å². The first kappa shape index (κ1) is 28.5. The van der Waals surface area contributed by atoms with Crippen LogP contribution in [0.4, 0.5) is 5.82 Å². The van der Waals surface area contributed by atoms with Gasteiger partial charge in [-0.1, -0.05) is 24.3 Å². The van der Waals surface area contributed by atoms with Crippen LogP contribution in [0, 0.1) is 6.92 Å². The molecule has 6 bridgehead atoms. The molecule has 9 nitrogen and oxygen atoms in total. The molecule has 6 rings (SSSR count). The van der Waals surface area contributed by atoms with Crippen molar-refractivity contribution in [2.45, 2.75) is 97.2 Å². The zero-order valence-electron chi connectivity index (χ0n) is 24.4. The van der Waals surface area contributed by atoms with Crippen molar-refractivity contribution in [3.05, 3.63) is 58.4 Å². The zero-order chi connectivity index (χ0) is 28.5. The van der Waals surface area contributed by atoms with E-state index in [1.165, 1.54) is 5.56 Å². The predicted octanol–water partition coefficient (Wildman–Crippen LogP) is 5.41. The SMILES string of the molecule is Cc1nc2cc3nn2c(c1[C@H](OC(C)(C)C)C(=O)O)N1CCC(C)(CC1)OCCCCc1cccc(c1)COC3. The molecule has 0 radical (unpaired) electrons. The van der Waals surface area contributed by atoms with Crippen molar-refractivity contribution in [1.29, 1.82) is 0 Å². The molecule has 216 valence electrons. The number of carbonyl (C=O) groups is 1. The van der Waals surface area contributed by atoms with Gasteiger partial charge in [0, 0.05) is 31.5 Å². The van der Waals surface area contributed by atoms with E-state index in [0.717, 1.165) is 55.8 Å². The second kappa shape index (κ2) is 11.5. The number of fused-ring (bicyclic) bond motifs is 8. The average Bonchev–Trinajstić information content (AvgIpc) is 3.28. The number of ether oxygens (including phenoxy) is 3. The maximum Gasteiger partial charge on any atom is 0.337 e. The number of piperidine rings is 1. The van der Waals surface area contributed by atoms with Crippen LogP contribution >= 0.6 is 0 Å². The van der Waals surface area contributed by atoms with E-state index < -0.39 is 17.7 Å². The van der Waals surface area contributed by atoms with Crippen LogP contribution in [0.25, 0.3) is 5.65 Å². The largest absolute Gasteiger partial charge is 0.479 e. The molecule has 1 saturated heterocycles. The van der Waals surface area contributed by atoms with Crippen LogP contribution in [0.1, 0.15) is 87.6 Å². The fourth-order valence-corrected chi connectivity index (χ4v) is 5.66. The van der Waals surface area contributed by atoms with Crippen molar-refractivity contribution in [3.8, 4) is 0 Å². The Labute approximate surface area is 236 Å². The summed E-state index contributed by atoms with van der Waals surface area (Å²) in [5.41, 5.74) is 4.12. The Morgan fingerprint density at radius 3 is 2.60 bits per heavy atom. The van der Waals surface area contributed by atoms with Crippen molar-refractivity contribution in [2.24, 2.45) is 0 Å². The highest BCUT2D eigenvalue weighted by atomic mass is 16.5. The number of benzene rings is 1. The number of anilines is 1. The molecule has 2 aromatic heterocycles. The third-order valence-electron chi connectivity index (χ3n) is 7.75.